The van der Waals surface area contributed by atoms with Crippen LogP contribution in [0.4, 0.5) is 0 Å². The predicted octanol–water partition coefficient (Wildman–Crippen LogP) is 0.830. The standard InChI is InChI=1S/C4H6.Mg/c1-3-4-2;/h3-4H,1-2H2;/q-2;+2. The molecule has 0 aliphatic heterocycles. The average molecular weight is 78.4 g/mol. The van der Waals surface area contributed by atoms with Crippen LogP contribution in [0.2, 0.25) is 0 Å². The smallest absolute Gasteiger partial charge is 0.382 e. The molecule has 0 fully saturated rings. The van der Waals surface area contributed by atoms with Gasteiger partial charge in [-0.1, -0.05) is 0 Å². The summed E-state index contributed by atoms with van der Waals surface area (Å²) in [6.07, 6.45) is 3.28. The Hall–Kier alpha value is 0.246. The topological polar surface area (TPSA) is 0 Å². The Labute approximate surface area is 49.4 Å². The molecule has 0 aliphatic rings. The van der Waals surface area contributed by atoms with Crippen LogP contribution in [0.1, 0.15) is 0 Å². The normalized spacial score (nSPS) is 7.20. The second-order valence-electron chi connectivity index (χ2n) is 0.471. The van der Waals surface area contributed by atoms with Gasteiger partial charge in [0.15, 0.2) is 0 Å². The van der Waals surface area contributed by atoms with E-state index in [0.717, 1.165) is 0 Å². The zero-order valence-electron chi connectivity index (χ0n) is 3.28. The van der Waals surface area contributed by atoms with E-state index in [1.54, 1.807) is 12.2 Å². The van der Waals surface area contributed by atoms with Gasteiger partial charge in [-0.3, -0.25) is 0 Å². The summed E-state index contributed by atoms with van der Waals surface area (Å²) in [5, 5.41) is 0. The van der Waals surface area contributed by atoms with Crippen LogP contribution in [0.3, 0.4) is 0 Å². The summed E-state index contributed by atoms with van der Waals surface area (Å²) < 4.78 is 0. The van der Waals surface area contributed by atoms with Crippen LogP contribution in [-0.2, 0) is 0 Å². The van der Waals surface area contributed by atoms with Gasteiger partial charge in [-0.25, -0.2) is 0 Å². The van der Waals surface area contributed by atoms with Crippen molar-refractivity contribution in [2.75, 3.05) is 0 Å². The fraction of sp³-hybridized carbons (Fsp3) is 0. The predicted molar refractivity (Wildman–Crippen MR) is 25.6 cm³/mol. The van der Waals surface area contributed by atoms with Gasteiger partial charge >= 0.3 is 23.1 Å². The van der Waals surface area contributed by atoms with Crippen LogP contribution in [-0.4, -0.2) is 23.1 Å². The van der Waals surface area contributed by atoms with Gasteiger partial charge in [0.1, 0.15) is 0 Å². The van der Waals surface area contributed by atoms with E-state index >= 15 is 0 Å². The Balaban J connectivity index is 0. The first kappa shape index (κ1) is 8.98. The summed E-state index contributed by atoms with van der Waals surface area (Å²) in [7, 11) is 0. The number of hydrogen-bond donors (Lipinski definition) is 0. The SMILES string of the molecule is [CH2-]C=C[CH2-].[Mg+2]. The molecule has 5 heavy (non-hydrogen) atoms. The molecule has 0 aromatic rings. The zero-order valence-corrected chi connectivity index (χ0v) is 4.69. The molecule has 0 N–H and O–H groups in total. The molecule has 0 saturated heterocycles. The number of rotatable bonds is 0. The van der Waals surface area contributed by atoms with Crippen molar-refractivity contribution in [1.82, 2.24) is 0 Å². The maximum atomic E-state index is 3.36. The minimum Gasteiger partial charge on any atom is -0.382 e. The largest absolute Gasteiger partial charge is 2.00 e. The fourth-order valence-corrected chi connectivity index (χ4v) is 0. The molecule has 24 valence electrons. The average Bonchev–Trinajstić information content (AvgIpc) is 1.37. The quantitative estimate of drug-likeness (QED) is 0.297. The molecular weight excluding hydrogens is 72.3 g/mol. The van der Waals surface area contributed by atoms with Gasteiger partial charge in [0.05, 0.1) is 0 Å². The fourth-order valence-electron chi connectivity index (χ4n) is 0. The first-order valence-corrected chi connectivity index (χ1v) is 1.15. The van der Waals surface area contributed by atoms with E-state index < -0.39 is 0 Å². The Morgan fingerprint density at radius 3 is 1.20 bits per heavy atom. The van der Waals surface area contributed by atoms with Gasteiger partial charge in [0, 0.05) is 0 Å². The van der Waals surface area contributed by atoms with E-state index in [9.17, 15) is 0 Å². The molecule has 0 unspecified atom stereocenters. The molecule has 0 saturated carbocycles. The number of allylic oxidation sites excluding steroid dienone is 2. The summed E-state index contributed by atoms with van der Waals surface area (Å²) in [5.41, 5.74) is 0. The maximum absolute atomic E-state index is 3.36. The summed E-state index contributed by atoms with van der Waals surface area (Å²) in [6.45, 7) is 6.72. The van der Waals surface area contributed by atoms with E-state index in [-0.39, 0.29) is 23.1 Å². The van der Waals surface area contributed by atoms with Crippen molar-refractivity contribution in [2.24, 2.45) is 0 Å². The first-order chi connectivity index (χ1) is 1.91. The second kappa shape index (κ2) is 8.87. The molecule has 1 heteroatoms. The summed E-state index contributed by atoms with van der Waals surface area (Å²) in [4.78, 5) is 0. The summed E-state index contributed by atoms with van der Waals surface area (Å²) in [6, 6.07) is 0. The third-order valence-corrected chi connectivity index (χ3v) is 0.167. The van der Waals surface area contributed by atoms with Crippen LogP contribution in [0.15, 0.2) is 12.2 Å². The van der Waals surface area contributed by atoms with Gasteiger partial charge in [-0.2, -0.15) is 0 Å². The van der Waals surface area contributed by atoms with Gasteiger partial charge in [-0.15, -0.1) is 0 Å². The molecule has 0 rings (SSSR count). The molecule has 0 aromatic carbocycles. The van der Waals surface area contributed by atoms with Gasteiger partial charge < -0.3 is 26.0 Å². The summed E-state index contributed by atoms with van der Waals surface area (Å²) in [5.74, 6) is 0. The van der Waals surface area contributed by atoms with Gasteiger partial charge in [-0.05, 0) is 0 Å². The monoisotopic (exact) mass is 78.0 g/mol. The van der Waals surface area contributed by atoms with Crippen molar-refractivity contribution in [2.45, 2.75) is 0 Å². The van der Waals surface area contributed by atoms with Crippen LogP contribution in [0, 0.1) is 13.8 Å². The van der Waals surface area contributed by atoms with Crippen LogP contribution < -0.4 is 0 Å². The third kappa shape index (κ3) is 13.8. The van der Waals surface area contributed by atoms with Crippen molar-refractivity contribution in [3.8, 4) is 0 Å². The number of hydrogen-bond acceptors (Lipinski definition) is 0. The molecule has 0 radical (unpaired) electrons. The van der Waals surface area contributed by atoms with Crippen molar-refractivity contribution in [3.05, 3.63) is 26.0 Å². The Morgan fingerprint density at radius 1 is 1.00 bits per heavy atom. The van der Waals surface area contributed by atoms with Crippen molar-refractivity contribution >= 4 is 23.1 Å². The Bertz CT molecular complexity index is 18.8. The molecule has 0 aromatic heterocycles. The third-order valence-electron chi connectivity index (χ3n) is 0.167. The molecular formula is C4H6Mg. The van der Waals surface area contributed by atoms with Crippen LogP contribution in [0.25, 0.3) is 0 Å². The minimum atomic E-state index is 0. The molecule has 0 heterocycles. The maximum Gasteiger partial charge on any atom is 2.00 e. The zero-order chi connectivity index (χ0) is 3.41. The molecule has 0 bridgehead atoms. The van der Waals surface area contributed by atoms with E-state index in [4.69, 9.17) is 0 Å². The van der Waals surface area contributed by atoms with Crippen molar-refractivity contribution in [3.63, 3.8) is 0 Å². The first-order valence-electron chi connectivity index (χ1n) is 1.15. The molecule has 0 amide bonds. The van der Waals surface area contributed by atoms with Gasteiger partial charge in [0.25, 0.3) is 0 Å². The van der Waals surface area contributed by atoms with Crippen LogP contribution in [0.5, 0.6) is 0 Å². The van der Waals surface area contributed by atoms with Crippen molar-refractivity contribution in [1.29, 1.82) is 0 Å². The van der Waals surface area contributed by atoms with Crippen LogP contribution >= 0.6 is 0 Å². The Morgan fingerprint density at radius 2 is 1.20 bits per heavy atom. The van der Waals surface area contributed by atoms with Gasteiger partial charge in [0.2, 0.25) is 0 Å². The van der Waals surface area contributed by atoms with E-state index in [1.165, 1.54) is 0 Å². The second-order valence-corrected chi connectivity index (χ2v) is 0.471. The minimum absolute atomic E-state index is 0. The molecule has 0 aliphatic carbocycles. The molecule has 0 nitrogen and oxygen atoms in total. The van der Waals surface area contributed by atoms with E-state index in [2.05, 4.69) is 13.8 Å². The van der Waals surface area contributed by atoms with E-state index in [0.29, 0.717) is 0 Å². The van der Waals surface area contributed by atoms with E-state index in [1.807, 2.05) is 0 Å². The molecule has 0 spiro atoms. The van der Waals surface area contributed by atoms with Crippen molar-refractivity contribution < 1.29 is 0 Å². The Kier molecular flexibility index (Phi) is 15.9. The molecule has 0 atom stereocenters. The summed E-state index contributed by atoms with van der Waals surface area (Å²) >= 11 is 0.